The van der Waals surface area contributed by atoms with E-state index in [9.17, 15) is 4.79 Å². The molecule has 0 saturated carbocycles. The van der Waals surface area contributed by atoms with Crippen LogP contribution in [0.15, 0.2) is 30.4 Å². The van der Waals surface area contributed by atoms with E-state index in [1.807, 2.05) is 18.2 Å². The topological polar surface area (TPSA) is 54.0 Å². The van der Waals surface area contributed by atoms with Crippen LogP contribution in [-0.2, 0) is 4.79 Å². The van der Waals surface area contributed by atoms with Gasteiger partial charge < -0.3 is 19.7 Å². The molecule has 136 valence electrons. The molecule has 2 aliphatic rings. The first kappa shape index (κ1) is 17.8. The van der Waals surface area contributed by atoms with E-state index in [0.717, 1.165) is 50.7 Å². The van der Waals surface area contributed by atoms with Crippen molar-refractivity contribution in [2.45, 2.75) is 13.3 Å². The number of hydrogen-bond acceptors (Lipinski definition) is 5. The molecule has 0 unspecified atom stereocenters. The second-order valence-corrected chi connectivity index (χ2v) is 6.73. The maximum atomic E-state index is 12.2. The molecule has 0 atom stereocenters. The number of amides is 1. The van der Waals surface area contributed by atoms with Crippen molar-refractivity contribution >= 4 is 11.6 Å². The van der Waals surface area contributed by atoms with Gasteiger partial charge in [0.25, 0.3) is 0 Å². The number of hydrogen-bond donors (Lipinski definition) is 1. The second-order valence-electron chi connectivity index (χ2n) is 6.73. The molecule has 0 aromatic heterocycles. The van der Waals surface area contributed by atoms with Crippen LogP contribution in [0.25, 0.3) is 0 Å². The number of piperazine rings is 1. The smallest absolute Gasteiger partial charge is 0.225 e. The highest BCUT2D eigenvalue weighted by atomic mass is 16.6. The predicted molar refractivity (Wildman–Crippen MR) is 98.4 cm³/mol. The second kappa shape index (κ2) is 8.36. The van der Waals surface area contributed by atoms with Crippen molar-refractivity contribution < 1.29 is 14.3 Å². The van der Waals surface area contributed by atoms with Gasteiger partial charge in [0.2, 0.25) is 5.91 Å². The highest BCUT2D eigenvalue weighted by molar-refractivity contribution is 5.91. The quantitative estimate of drug-likeness (QED) is 0.799. The normalized spacial score (nSPS) is 18.0. The van der Waals surface area contributed by atoms with Crippen LogP contribution in [0, 0.1) is 0 Å². The van der Waals surface area contributed by atoms with Crippen molar-refractivity contribution in [3.8, 4) is 11.5 Å². The molecular formula is C19H27N3O3. The van der Waals surface area contributed by atoms with E-state index in [1.165, 1.54) is 5.57 Å². The monoisotopic (exact) mass is 345 g/mol. The Kier molecular flexibility index (Phi) is 5.94. The molecule has 1 amide bonds. The van der Waals surface area contributed by atoms with Crippen LogP contribution in [-0.4, -0.2) is 68.2 Å². The van der Waals surface area contributed by atoms with E-state index >= 15 is 0 Å². The molecule has 0 spiro atoms. The Morgan fingerprint density at radius 1 is 1.12 bits per heavy atom. The summed E-state index contributed by atoms with van der Waals surface area (Å²) in [6, 6.07) is 5.51. The van der Waals surface area contributed by atoms with Gasteiger partial charge in [0.1, 0.15) is 13.2 Å². The molecule has 25 heavy (non-hydrogen) atoms. The van der Waals surface area contributed by atoms with Crippen LogP contribution >= 0.6 is 0 Å². The average molecular weight is 345 g/mol. The summed E-state index contributed by atoms with van der Waals surface area (Å²) in [5, 5.41) is 2.94. The summed E-state index contributed by atoms with van der Waals surface area (Å²) in [5.74, 6) is 1.45. The molecule has 1 saturated heterocycles. The molecule has 3 rings (SSSR count). The molecule has 6 nitrogen and oxygen atoms in total. The molecule has 1 fully saturated rings. The first-order valence-corrected chi connectivity index (χ1v) is 8.89. The molecule has 0 radical (unpaired) electrons. The Bertz CT molecular complexity index is 624. The molecule has 0 bridgehead atoms. The van der Waals surface area contributed by atoms with E-state index in [4.69, 9.17) is 9.47 Å². The number of anilines is 1. The maximum absolute atomic E-state index is 12.2. The summed E-state index contributed by atoms with van der Waals surface area (Å²) in [6.45, 7) is 13.0. The molecule has 1 aromatic rings. The van der Waals surface area contributed by atoms with E-state index in [0.29, 0.717) is 25.4 Å². The van der Waals surface area contributed by atoms with Gasteiger partial charge in [0, 0.05) is 57.4 Å². The summed E-state index contributed by atoms with van der Waals surface area (Å²) in [5.41, 5.74) is 1.95. The highest BCUT2D eigenvalue weighted by Gasteiger charge is 2.18. The lowest BCUT2D eigenvalue weighted by Crippen LogP contribution is -2.47. The molecule has 6 heteroatoms. The summed E-state index contributed by atoms with van der Waals surface area (Å²) in [6.07, 6.45) is 0.495. The number of rotatable bonds is 6. The standard InChI is InChI=1S/C19H27N3O3/c1-15(2)14-22-9-7-21(8-10-22)6-5-19(23)20-16-3-4-17-18(13-16)25-12-11-24-17/h3-4,13H,1,5-12,14H2,2H3,(H,20,23). The van der Waals surface area contributed by atoms with Crippen LogP contribution in [0.1, 0.15) is 13.3 Å². The number of nitrogens with zero attached hydrogens (tertiary/aromatic N) is 2. The summed E-state index contributed by atoms with van der Waals surface area (Å²) >= 11 is 0. The van der Waals surface area contributed by atoms with E-state index < -0.39 is 0 Å². The van der Waals surface area contributed by atoms with Gasteiger partial charge in [-0.05, 0) is 19.1 Å². The third-order valence-electron chi connectivity index (χ3n) is 4.44. The van der Waals surface area contributed by atoms with Gasteiger partial charge in [-0.2, -0.15) is 0 Å². The maximum Gasteiger partial charge on any atom is 0.225 e. The molecule has 1 N–H and O–H groups in total. The fourth-order valence-corrected chi connectivity index (χ4v) is 3.16. The molecule has 1 aromatic carbocycles. The largest absolute Gasteiger partial charge is 0.486 e. The van der Waals surface area contributed by atoms with Crippen LogP contribution in [0.4, 0.5) is 5.69 Å². The van der Waals surface area contributed by atoms with Gasteiger partial charge in [0.05, 0.1) is 0 Å². The van der Waals surface area contributed by atoms with Crippen LogP contribution < -0.4 is 14.8 Å². The first-order valence-electron chi connectivity index (χ1n) is 8.89. The molecular weight excluding hydrogens is 318 g/mol. The minimum Gasteiger partial charge on any atom is -0.486 e. The zero-order valence-electron chi connectivity index (χ0n) is 14.9. The summed E-state index contributed by atoms with van der Waals surface area (Å²) in [4.78, 5) is 17.0. The molecule has 2 heterocycles. The minimum absolute atomic E-state index is 0.0287. The number of carbonyl (C=O) groups is 1. The number of benzene rings is 1. The first-order chi connectivity index (χ1) is 12.1. The minimum atomic E-state index is 0.0287. The third-order valence-corrected chi connectivity index (χ3v) is 4.44. The third kappa shape index (κ3) is 5.21. The van der Waals surface area contributed by atoms with Crippen molar-refractivity contribution in [3.63, 3.8) is 0 Å². The van der Waals surface area contributed by atoms with Crippen LogP contribution in [0.3, 0.4) is 0 Å². The summed E-state index contributed by atoms with van der Waals surface area (Å²) < 4.78 is 11.0. The molecule has 0 aliphatic carbocycles. The van der Waals surface area contributed by atoms with Gasteiger partial charge in [-0.1, -0.05) is 12.2 Å². The van der Waals surface area contributed by atoms with Gasteiger partial charge >= 0.3 is 0 Å². The number of nitrogens with one attached hydrogen (secondary N) is 1. The van der Waals surface area contributed by atoms with Crippen molar-refractivity contribution in [1.29, 1.82) is 0 Å². The lowest BCUT2D eigenvalue weighted by molar-refractivity contribution is -0.116. The Morgan fingerprint density at radius 3 is 2.52 bits per heavy atom. The number of fused-ring (bicyclic) bond motifs is 1. The van der Waals surface area contributed by atoms with Crippen LogP contribution in [0.2, 0.25) is 0 Å². The predicted octanol–water partition coefficient (Wildman–Crippen LogP) is 1.98. The SMILES string of the molecule is C=C(C)CN1CCN(CCC(=O)Nc2ccc3c(c2)OCCO3)CC1. The Labute approximate surface area is 149 Å². The van der Waals surface area contributed by atoms with Gasteiger partial charge in [-0.25, -0.2) is 0 Å². The highest BCUT2D eigenvalue weighted by Crippen LogP contribution is 2.32. The Balaban J connectivity index is 1.41. The lowest BCUT2D eigenvalue weighted by atomic mass is 10.2. The van der Waals surface area contributed by atoms with Crippen molar-refractivity contribution in [2.24, 2.45) is 0 Å². The zero-order chi connectivity index (χ0) is 17.6. The lowest BCUT2D eigenvalue weighted by Gasteiger charge is -2.34. The fraction of sp³-hybridized carbons (Fsp3) is 0.526. The molecule has 2 aliphatic heterocycles. The van der Waals surface area contributed by atoms with Crippen molar-refractivity contribution in [3.05, 3.63) is 30.4 Å². The van der Waals surface area contributed by atoms with Crippen LogP contribution in [0.5, 0.6) is 11.5 Å². The van der Waals surface area contributed by atoms with Gasteiger partial charge in [0.15, 0.2) is 11.5 Å². The Hall–Kier alpha value is -2.05. The Morgan fingerprint density at radius 2 is 1.80 bits per heavy atom. The zero-order valence-corrected chi connectivity index (χ0v) is 14.9. The van der Waals surface area contributed by atoms with E-state index in [-0.39, 0.29) is 5.91 Å². The van der Waals surface area contributed by atoms with Gasteiger partial charge in [-0.15, -0.1) is 0 Å². The van der Waals surface area contributed by atoms with E-state index in [2.05, 4.69) is 28.6 Å². The van der Waals surface area contributed by atoms with Gasteiger partial charge in [-0.3, -0.25) is 9.69 Å². The number of ether oxygens (including phenoxy) is 2. The van der Waals surface area contributed by atoms with Crippen molar-refractivity contribution in [1.82, 2.24) is 9.80 Å². The summed E-state index contributed by atoms with van der Waals surface area (Å²) in [7, 11) is 0. The fourth-order valence-electron chi connectivity index (χ4n) is 3.16. The van der Waals surface area contributed by atoms with E-state index in [1.54, 1.807) is 0 Å². The van der Waals surface area contributed by atoms with Crippen molar-refractivity contribution in [2.75, 3.05) is 57.8 Å². The average Bonchev–Trinajstić information content (AvgIpc) is 2.60. The number of carbonyl (C=O) groups excluding carboxylic acids is 1.